The molecule has 120 valence electrons. The topological polar surface area (TPSA) is 90.3 Å². The van der Waals surface area contributed by atoms with Crippen LogP contribution in [0.4, 0.5) is 4.79 Å². The first-order chi connectivity index (χ1) is 10.6. The molecule has 1 N–H and O–H groups in total. The van der Waals surface area contributed by atoms with Gasteiger partial charge in [-0.1, -0.05) is 32.9 Å². The highest BCUT2D eigenvalue weighted by atomic mass is 16.2. The molecule has 2 rings (SSSR count). The zero-order valence-electron chi connectivity index (χ0n) is 13.6. The average molecular weight is 313 g/mol. The molecule has 0 unspecified atom stereocenters. The number of imide groups is 1. The summed E-state index contributed by atoms with van der Waals surface area (Å²) in [7, 11) is 0. The van der Waals surface area contributed by atoms with Gasteiger partial charge in [0.1, 0.15) is 5.54 Å². The highest BCUT2D eigenvalue weighted by molar-refractivity contribution is 6.09. The first kappa shape index (κ1) is 16.7. The zero-order chi connectivity index (χ0) is 17.4. The summed E-state index contributed by atoms with van der Waals surface area (Å²) < 4.78 is 0. The number of Topliss-reactive ketones (excluding diaryl/α,β-unsaturated/α-hetero) is 1. The summed E-state index contributed by atoms with van der Waals surface area (Å²) in [5, 5.41) is 11.5. The van der Waals surface area contributed by atoms with E-state index < -0.39 is 22.9 Å². The molecule has 0 spiro atoms. The van der Waals surface area contributed by atoms with E-state index in [0.717, 1.165) is 4.90 Å². The third-order valence-electron chi connectivity index (χ3n) is 4.00. The molecule has 1 aromatic rings. The van der Waals surface area contributed by atoms with Gasteiger partial charge in [0.15, 0.2) is 5.78 Å². The van der Waals surface area contributed by atoms with Crippen molar-refractivity contribution in [2.75, 3.05) is 6.54 Å². The molecule has 1 fully saturated rings. The summed E-state index contributed by atoms with van der Waals surface area (Å²) in [6, 6.07) is 7.85. The second kappa shape index (κ2) is 5.51. The molecule has 0 aromatic heterocycles. The van der Waals surface area contributed by atoms with Crippen molar-refractivity contribution in [1.29, 1.82) is 5.26 Å². The lowest BCUT2D eigenvalue weighted by atomic mass is 9.89. The number of urea groups is 1. The Morgan fingerprint density at radius 3 is 2.30 bits per heavy atom. The van der Waals surface area contributed by atoms with E-state index in [1.54, 1.807) is 52.0 Å². The minimum atomic E-state index is -1.23. The SMILES string of the molecule is CC(C)(C)C(=O)CN1C(=O)N[C@@](C)(c2ccc(C#N)cc2)C1=O. The second-order valence-electron chi connectivity index (χ2n) is 6.81. The van der Waals surface area contributed by atoms with Crippen LogP contribution in [0.25, 0.3) is 0 Å². The van der Waals surface area contributed by atoms with Crippen LogP contribution < -0.4 is 5.32 Å². The maximum absolute atomic E-state index is 12.7. The number of carbonyl (C=O) groups excluding carboxylic acids is 3. The quantitative estimate of drug-likeness (QED) is 0.863. The summed E-state index contributed by atoms with van der Waals surface area (Å²) in [5.74, 6) is -0.658. The average Bonchev–Trinajstić information content (AvgIpc) is 2.70. The Bertz CT molecular complexity index is 710. The molecule has 6 heteroatoms. The highest BCUT2D eigenvalue weighted by Crippen LogP contribution is 2.29. The number of hydrogen-bond acceptors (Lipinski definition) is 4. The van der Waals surface area contributed by atoms with Crippen molar-refractivity contribution in [1.82, 2.24) is 10.2 Å². The van der Waals surface area contributed by atoms with E-state index in [1.165, 1.54) is 0 Å². The predicted molar refractivity (Wildman–Crippen MR) is 83.2 cm³/mol. The smallest absolute Gasteiger partial charge is 0.319 e. The lowest BCUT2D eigenvalue weighted by Gasteiger charge is -2.23. The largest absolute Gasteiger partial charge is 0.325 e. The van der Waals surface area contributed by atoms with Gasteiger partial charge in [-0.05, 0) is 24.6 Å². The Morgan fingerprint density at radius 1 is 1.26 bits per heavy atom. The van der Waals surface area contributed by atoms with Crippen LogP contribution in [0.1, 0.15) is 38.8 Å². The van der Waals surface area contributed by atoms with Gasteiger partial charge >= 0.3 is 6.03 Å². The van der Waals surface area contributed by atoms with Crippen LogP contribution in [-0.2, 0) is 15.1 Å². The summed E-state index contributed by atoms with van der Waals surface area (Å²) in [6.07, 6.45) is 0. The van der Waals surface area contributed by atoms with Crippen molar-refractivity contribution in [2.24, 2.45) is 5.41 Å². The van der Waals surface area contributed by atoms with Gasteiger partial charge in [0.25, 0.3) is 5.91 Å². The molecule has 3 amide bonds. The zero-order valence-corrected chi connectivity index (χ0v) is 13.6. The number of benzene rings is 1. The number of hydrogen-bond donors (Lipinski definition) is 1. The molecule has 1 aliphatic heterocycles. The Balaban J connectivity index is 2.29. The van der Waals surface area contributed by atoms with Gasteiger partial charge < -0.3 is 5.32 Å². The van der Waals surface area contributed by atoms with Crippen LogP contribution in [0.2, 0.25) is 0 Å². The van der Waals surface area contributed by atoms with Crippen LogP contribution in [0.15, 0.2) is 24.3 Å². The molecule has 0 radical (unpaired) electrons. The molecule has 23 heavy (non-hydrogen) atoms. The summed E-state index contributed by atoms with van der Waals surface area (Å²) in [4.78, 5) is 37.9. The number of nitrogens with zero attached hydrogens (tertiary/aromatic N) is 2. The fraction of sp³-hybridized carbons (Fsp3) is 0.412. The third kappa shape index (κ3) is 2.95. The first-order valence-electron chi connectivity index (χ1n) is 7.27. The van der Waals surface area contributed by atoms with Gasteiger partial charge in [-0.2, -0.15) is 5.26 Å². The highest BCUT2D eigenvalue weighted by Gasteiger charge is 2.49. The maximum Gasteiger partial charge on any atom is 0.325 e. The van der Waals surface area contributed by atoms with Crippen molar-refractivity contribution in [2.45, 2.75) is 33.2 Å². The van der Waals surface area contributed by atoms with Gasteiger partial charge in [0.2, 0.25) is 0 Å². The normalized spacial score (nSPS) is 21.1. The van der Waals surface area contributed by atoms with Gasteiger partial charge in [-0.3, -0.25) is 14.5 Å². The van der Waals surface area contributed by atoms with E-state index in [4.69, 9.17) is 5.26 Å². The minimum absolute atomic E-state index is 0.190. The molecule has 1 atom stereocenters. The predicted octanol–water partition coefficient (Wildman–Crippen LogP) is 1.94. The lowest BCUT2D eigenvalue weighted by Crippen LogP contribution is -2.42. The number of carbonyl (C=O) groups is 3. The van der Waals surface area contributed by atoms with Crippen LogP contribution in [-0.4, -0.2) is 29.2 Å². The number of nitrogens with one attached hydrogen (secondary N) is 1. The molecule has 1 heterocycles. The fourth-order valence-corrected chi connectivity index (χ4v) is 2.30. The monoisotopic (exact) mass is 313 g/mol. The van der Waals surface area contributed by atoms with E-state index in [0.29, 0.717) is 11.1 Å². The number of nitriles is 1. The van der Waals surface area contributed by atoms with Crippen LogP contribution >= 0.6 is 0 Å². The number of rotatable bonds is 3. The van der Waals surface area contributed by atoms with E-state index in [-0.39, 0.29) is 12.3 Å². The molecular formula is C17H19N3O3. The molecule has 1 aromatic carbocycles. The standard InChI is InChI=1S/C17H19N3O3/c1-16(2,3)13(21)10-20-14(22)17(4,19-15(20)23)12-7-5-11(9-18)6-8-12/h5-8H,10H2,1-4H3,(H,19,23)/t17-/m0/s1. The number of amides is 3. The Hall–Kier alpha value is -2.68. The van der Waals surface area contributed by atoms with Crippen molar-refractivity contribution in [3.05, 3.63) is 35.4 Å². The molecule has 6 nitrogen and oxygen atoms in total. The van der Waals surface area contributed by atoms with Crippen LogP contribution in [0.5, 0.6) is 0 Å². The number of ketones is 1. The van der Waals surface area contributed by atoms with E-state index in [1.807, 2.05) is 6.07 Å². The van der Waals surface area contributed by atoms with E-state index in [9.17, 15) is 14.4 Å². The molecule has 1 saturated heterocycles. The summed E-state index contributed by atoms with van der Waals surface area (Å²) >= 11 is 0. The molecule has 1 aliphatic rings. The molecule has 0 aliphatic carbocycles. The third-order valence-corrected chi connectivity index (χ3v) is 4.00. The lowest BCUT2D eigenvalue weighted by molar-refractivity contribution is -0.136. The van der Waals surface area contributed by atoms with E-state index in [2.05, 4.69) is 5.32 Å². The second-order valence-corrected chi connectivity index (χ2v) is 6.81. The van der Waals surface area contributed by atoms with Crippen molar-refractivity contribution in [3.63, 3.8) is 0 Å². The van der Waals surface area contributed by atoms with Gasteiger partial charge in [0, 0.05) is 5.41 Å². The van der Waals surface area contributed by atoms with Gasteiger partial charge in [-0.15, -0.1) is 0 Å². The first-order valence-corrected chi connectivity index (χ1v) is 7.27. The minimum Gasteiger partial charge on any atom is -0.319 e. The molecular weight excluding hydrogens is 294 g/mol. The van der Waals surface area contributed by atoms with Crippen molar-refractivity contribution >= 4 is 17.7 Å². The van der Waals surface area contributed by atoms with Gasteiger partial charge in [-0.25, -0.2) is 4.79 Å². The fourth-order valence-electron chi connectivity index (χ4n) is 2.30. The summed E-state index contributed by atoms with van der Waals surface area (Å²) in [6.45, 7) is 6.57. The Labute approximate surface area is 135 Å². The van der Waals surface area contributed by atoms with Gasteiger partial charge in [0.05, 0.1) is 18.2 Å². The van der Waals surface area contributed by atoms with Crippen LogP contribution in [0, 0.1) is 16.7 Å². The Morgan fingerprint density at radius 2 is 1.83 bits per heavy atom. The maximum atomic E-state index is 12.7. The summed E-state index contributed by atoms with van der Waals surface area (Å²) in [5.41, 5.74) is -0.827. The van der Waals surface area contributed by atoms with Crippen molar-refractivity contribution < 1.29 is 14.4 Å². The molecule has 0 bridgehead atoms. The Kier molecular flexibility index (Phi) is 3.99. The van der Waals surface area contributed by atoms with E-state index >= 15 is 0 Å². The van der Waals surface area contributed by atoms with Crippen LogP contribution in [0.3, 0.4) is 0 Å². The van der Waals surface area contributed by atoms with Crippen molar-refractivity contribution in [3.8, 4) is 6.07 Å². The molecule has 0 saturated carbocycles.